The Balaban J connectivity index is 1.51. The lowest BCUT2D eigenvalue weighted by Crippen LogP contribution is -2.14. The molecule has 1 aromatic heterocycles. The van der Waals surface area contributed by atoms with Crippen LogP contribution in [0.25, 0.3) is 11.4 Å². The summed E-state index contributed by atoms with van der Waals surface area (Å²) in [5.74, 6) is -0.512. The van der Waals surface area contributed by atoms with E-state index in [1.54, 1.807) is 18.2 Å². The fourth-order valence-corrected chi connectivity index (χ4v) is 2.70. The van der Waals surface area contributed by atoms with E-state index in [0.717, 1.165) is 0 Å². The molecule has 0 radical (unpaired) electrons. The lowest BCUT2D eigenvalue weighted by Gasteiger charge is -2.07. The van der Waals surface area contributed by atoms with Crippen LogP contribution in [0, 0.1) is 5.82 Å². The molecule has 144 valence electrons. The number of aromatic nitrogens is 2. The van der Waals surface area contributed by atoms with Crippen molar-refractivity contribution in [1.29, 1.82) is 0 Å². The summed E-state index contributed by atoms with van der Waals surface area (Å²) in [5, 5.41) is 6.75. The van der Waals surface area contributed by atoms with Gasteiger partial charge in [-0.2, -0.15) is 4.98 Å². The Hall–Kier alpha value is -3.26. The zero-order valence-corrected chi connectivity index (χ0v) is 15.4. The standard InChI is InChI=1S/C19H16ClFN4O3/c20-15-9-8-13(10-14(15)18(22)27)23-16(26)2-1-3-17-24-19(25-28-17)11-4-6-12(21)7-5-11/h4-10H,1-3H2,(H2,22,27)(H,23,26). The van der Waals surface area contributed by atoms with Gasteiger partial charge in [-0.25, -0.2) is 4.39 Å². The third-order valence-corrected chi connectivity index (χ3v) is 4.21. The predicted octanol–water partition coefficient (Wildman–Crippen LogP) is 3.59. The number of rotatable bonds is 7. The molecule has 0 aliphatic rings. The third kappa shape index (κ3) is 4.92. The first-order valence-corrected chi connectivity index (χ1v) is 8.78. The Labute approximate surface area is 164 Å². The van der Waals surface area contributed by atoms with Crippen LogP contribution in [0.2, 0.25) is 5.02 Å². The van der Waals surface area contributed by atoms with E-state index in [4.69, 9.17) is 21.9 Å². The second-order valence-corrected chi connectivity index (χ2v) is 6.39. The highest BCUT2D eigenvalue weighted by atomic mass is 35.5. The minimum absolute atomic E-state index is 0.138. The van der Waals surface area contributed by atoms with Crippen molar-refractivity contribution in [2.24, 2.45) is 5.73 Å². The smallest absolute Gasteiger partial charge is 0.250 e. The van der Waals surface area contributed by atoms with Crippen molar-refractivity contribution in [2.75, 3.05) is 5.32 Å². The molecule has 1 heterocycles. The van der Waals surface area contributed by atoms with Gasteiger partial charge in [0.25, 0.3) is 0 Å². The maximum Gasteiger partial charge on any atom is 0.250 e. The number of hydrogen-bond donors (Lipinski definition) is 2. The van der Waals surface area contributed by atoms with E-state index in [9.17, 15) is 14.0 Å². The molecular formula is C19H16ClFN4O3. The summed E-state index contributed by atoms with van der Waals surface area (Å²) in [5.41, 5.74) is 6.44. The fraction of sp³-hybridized carbons (Fsp3) is 0.158. The van der Waals surface area contributed by atoms with Crippen molar-refractivity contribution in [1.82, 2.24) is 10.1 Å². The molecule has 0 aliphatic carbocycles. The molecule has 28 heavy (non-hydrogen) atoms. The van der Waals surface area contributed by atoms with Gasteiger partial charge in [0.15, 0.2) is 0 Å². The molecule has 0 saturated carbocycles. The Morgan fingerprint density at radius 1 is 1.18 bits per heavy atom. The van der Waals surface area contributed by atoms with Crippen LogP contribution in [-0.4, -0.2) is 22.0 Å². The number of nitrogens with zero attached hydrogens (tertiary/aromatic N) is 2. The summed E-state index contributed by atoms with van der Waals surface area (Å²) in [6.07, 6.45) is 1.10. The first kappa shape index (κ1) is 19.5. The molecule has 0 bridgehead atoms. The van der Waals surface area contributed by atoms with Gasteiger partial charge in [0, 0.05) is 24.1 Å². The Morgan fingerprint density at radius 3 is 2.64 bits per heavy atom. The van der Waals surface area contributed by atoms with E-state index < -0.39 is 5.91 Å². The van der Waals surface area contributed by atoms with Crippen LogP contribution in [0.5, 0.6) is 0 Å². The van der Waals surface area contributed by atoms with E-state index in [1.165, 1.54) is 24.3 Å². The molecule has 2 amide bonds. The number of nitrogens with one attached hydrogen (secondary N) is 1. The molecule has 0 fully saturated rings. The summed E-state index contributed by atoms with van der Waals surface area (Å²) in [4.78, 5) is 27.6. The number of amides is 2. The SMILES string of the molecule is NC(=O)c1cc(NC(=O)CCCc2nc(-c3ccc(F)cc3)no2)ccc1Cl. The molecule has 3 rings (SSSR count). The number of carbonyl (C=O) groups is 2. The first-order valence-electron chi connectivity index (χ1n) is 8.40. The van der Waals surface area contributed by atoms with E-state index in [2.05, 4.69) is 15.5 Å². The van der Waals surface area contributed by atoms with Gasteiger partial charge >= 0.3 is 0 Å². The van der Waals surface area contributed by atoms with Gasteiger partial charge < -0.3 is 15.6 Å². The summed E-state index contributed by atoms with van der Waals surface area (Å²) in [7, 11) is 0. The summed E-state index contributed by atoms with van der Waals surface area (Å²) in [6, 6.07) is 10.3. The molecule has 3 N–H and O–H groups in total. The minimum atomic E-state index is -0.672. The molecule has 0 spiro atoms. The van der Waals surface area contributed by atoms with Crippen LogP contribution in [0.3, 0.4) is 0 Å². The van der Waals surface area contributed by atoms with Crippen molar-refractivity contribution in [3.8, 4) is 11.4 Å². The normalized spacial score (nSPS) is 10.6. The molecular weight excluding hydrogens is 387 g/mol. The average molecular weight is 403 g/mol. The van der Waals surface area contributed by atoms with Crippen LogP contribution in [0.15, 0.2) is 47.0 Å². The van der Waals surface area contributed by atoms with Gasteiger partial charge in [-0.15, -0.1) is 0 Å². The van der Waals surface area contributed by atoms with Crippen molar-refractivity contribution in [2.45, 2.75) is 19.3 Å². The number of carbonyl (C=O) groups excluding carboxylic acids is 2. The summed E-state index contributed by atoms with van der Waals surface area (Å²) >= 11 is 5.88. The summed E-state index contributed by atoms with van der Waals surface area (Å²) < 4.78 is 18.1. The van der Waals surface area contributed by atoms with E-state index in [1.807, 2.05) is 0 Å². The Morgan fingerprint density at radius 2 is 1.93 bits per heavy atom. The number of benzene rings is 2. The molecule has 0 unspecified atom stereocenters. The van der Waals surface area contributed by atoms with E-state index in [-0.39, 0.29) is 28.7 Å². The molecule has 0 atom stereocenters. The highest BCUT2D eigenvalue weighted by Crippen LogP contribution is 2.21. The monoisotopic (exact) mass is 402 g/mol. The molecule has 0 aliphatic heterocycles. The molecule has 2 aromatic carbocycles. The van der Waals surface area contributed by atoms with Crippen molar-refractivity contribution < 1.29 is 18.5 Å². The van der Waals surface area contributed by atoms with Crippen LogP contribution < -0.4 is 11.1 Å². The van der Waals surface area contributed by atoms with Crippen molar-refractivity contribution in [3.05, 3.63) is 64.8 Å². The highest BCUT2D eigenvalue weighted by Gasteiger charge is 2.12. The van der Waals surface area contributed by atoms with Gasteiger partial charge in [0.1, 0.15) is 5.82 Å². The van der Waals surface area contributed by atoms with Crippen LogP contribution in [0.1, 0.15) is 29.1 Å². The van der Waals surface area contributed by atoms with E-state index in [0.29, 0.717) is 35.8 Å². The number of aryl methyl sites for hydroxylation is 1. The zero-order chi connectivity index (χ0) is 20.1. The third-order valence-electron chi connectivity index (χ3n) is 3.88. The molecule has 7 nitrogen and oxygen atoms in total. The van der Waals surface area contributed by atoms with Crippen LogP contribution in [0.4, 0.5) is 10.1 Å². The minimum Gasteiger partial charge on any atom is -0.366 e. The number of nitrogens with two attached hydrogens (primary N) is 1. The lowest BCUT2D eigenvalue weighted by atomic mass is 10.1. The van der Waals surface area contributed by atoms with Crippen molar-refractivity contribution >= 4 is 29.1 Å². The second-order valence-electron chi connectivity index (χ2n) is 5.98. The Bertz CT molecular complexity index is 1000. The van der Waals surface area contributed by atoms with Gasteiger partial charge in [-0.05, 0) is 48.9 Å². The molecule has 0 saturated heterocycles. The average Bonchev–Trinajstić information content (AvgIpc) is 3.12. The van der Waals surface area contributed by atoms with Gasteiger partial charge in [0.05, 0.1) is 10.6 Å². The second kappa shape index (κ2) is 8.62. The van der Waals surface area contributed by atoms with E-state index >= 15 is 0 Å². The maximum absolute atomic E-state index is 13.0. The molecule has 9 heteroatoms. The quantitative estimate of drug-likeness (QED) is 0.627. The van der Waals surface area contributed by atoms with Gasteiger partial charge in [0.2, 0.25) is 23.5 Å². The van der Waals surface area contributed by atoms with Crippen molar-refractivity contribution in [3.63, 3.8) is 0 Å². The highest BCUT2D eigenvalue weighted by molar-refractivity contribution is 6.34. The number of anilines is 1. The topological polar surface area (TPSA) is 111 Å². The Kier molecular flexibility index (Phi) is 6.00. The fourth-order valence-electron chi connectivity index (χ4n) is 2.49. The first-order chi connectivity index (χ1) is 13.4. The lowest BCUT2D eigenvalue weighted by molar-refractivity contribution is -0.116. The zero-order valence-electron chi connectivity index (χ0n) is 14.6. The molecule has 3 aromatic rings. The van der Waals surface area contributed by atoms with Crippen LogP contribution in [-0.2, 0) is 11.2 Å². The predicted molar refractivity (Wildman–Crippen MR) is 101 cm³/mol. The van der Waals surface area contributed by atoms with Crippen LogP contribution >= 0.6 is 11.6 Å². The summed E-state index contributed by atoms with van der Waals surface area (Å²) in [6.45, 7) is 0. The maximum atomic E-state index is 13.0. The largest absolute Gasteiger partial charge is 0.366 e. The number of halogens is 2. The number of hydrogen-bond acceptors (Lipinski definition) is 5. The number of primary amides is 1. The van der Waals surface area contributed by atoms with Gasteiger partial charge in [-0.1, -0.05) is 16.8 Å². The van der Waals surface area contributed by atoms with Gasteiger partial charge in [-0.3, -0.25) is 9.59 Å².